The topological polar surface area (TPSA) is 0 Å². The zero-order valence-electron chi connectivity index (χ0n) is 18.0. The van der Waals surface area contributed by atoms with Crippen molar-refractivity contribution in [3.05, 3.63) is 0 Å². The average molecular weight is 311 g/mol. The van der Waals surface area contributed by atoms with Gasteiger partial charge in [-0.05, 0) is 52.8 Å². The van der Waals surface area contributed by atoms with Gasteiger partial charge in [-0.1, -0.05) is 89.5 Å². The van der Waals surface area contributed by atoms with Crippen molar-refractivity contribution in [3.8, 4) is 0 Å². The predicted molar refractivity (Wildman–Crippen MR) is 103 cm³/mol. The highest BCUT2D eigenvalue weighted by molar-refractivity contribution is 4.88. The van der Waals surface area contributed by atoms with Gasteiger partial charge < -0.3 is 0 Å². The molecule has 0 N–H and O–H groups in total. The van der Waals surface area contributed by atoms with Crippen molar-refractivity contribution in [2.45, 2.75) is 115 Å². The zero-order chi connectivity index (χ0) is 18.0. The van der Waals surface area contributed by atoms with Gasteiger partial charge in [0.2, 0.25) is 0 Å². The van der Waals surface area contributed by atoms with Crippen molar-refractivity contribution in [1.82, 2.24) is 0 Å². The molecule has 0 bridgehead atoms. The molecule has 0 rings (SSSR count). The SMILES string of the molecule is CCC(C)(C)CC(C)(C)CC(C)(C)CC(C)(C)CC(C)(C)C. The lowest BCUT2D eigenvalue weighted by Crippen LogP contribution is -2.32. The van der Waals surface area contributed by atoms with Gasteiger partial charge in [0.25, 0.3) is 0 Å². The molecular formula is C22H46. The van der Waals surface area contributed by atoms with E-state index >= 15 is 0 Å². The van der Waals surface area contributed by atoms with E-state index < -0.39 is 0 Å². The van der Waals surface area contributed by atoms with E-state index in [4.69, 9.17) is 0 Å². The van der Waals surface area contributed by atoms with E-state index in [0.717, 1.165) is 0 Å². The first kappa shape index (κ1) is 22.0. The molecule has 0 saturated heterocycles. The first-order chi connectivity index (χ1) is 9.39. The van der Waals surface area contributed by atoms with Crippen LogP contribution in [0.15, 0.2) is 0 Å². The molecular weight excluding hydrogens is 264 g/mol. The highest BCUT2D eigenvalue weighted by atomic mass is 14.4. The van der Waals surface area contributed by atoms with E-state index in [9.17, 15) is 0 Å². The van der Waals surface area contributed by atoms with Gasteiger partial charge in [0.15, 0.2) is 0 Å². The second-order valence-electron chi connectivity index (χ2n) is 12.3. The molecule has 0 amide bonds. The number of hydrogen-bond acceptors (Lipinski definition) is 0. The maximum absolute atomic E-state index is 2.48. The molecule has 0 fully saturated rings. The van der Waals surface area contributed by atoms with Gasteiger partial charge in [0, 0.05) is 0 Å². The summed E-state index contributed by atoms with van der Waals surface area (Å²) in [5, 5.41) is 0. The van der Waals surface area contributed by atoms with E-state index in [2.05, 4.69) is 83.1 Å². The maximum Gasteiger partial charge on any atom is -0.0344 e. The van der Waals surface area contributed by atoms with Gasteiger partial charge in [0.1, 0.15) is 0 Å². The molecule has 0 aromatic rings. The van der Waals surface area contributed by atoms with Crippen molar-refractivity contribution in [3.63, 3.8) is 0 Å². The molecule has 0 nitrogen and oxygen atoms in total. The Kier molecular flexibility index (Phi) is 6.86. The molecule has 0 heterocycles. The molecule has 0 aliphatic heterocycles. The minimum Gasteiger partial charge on any atom is -0.0649 e. The Balaban J connectivity index is 4.88. The van der Waals surface area contributed by atoms with Gasteiger partial charge in [-0.2, -0.15) is 0 Å². The molecule has 0 radical (unpaired) electrons. The molecule has 0 aliphatic rings. The molecule has 134 valence electrons. The van der Waals surface area contributed by atoms with Crippen molar-refractivity contribution in [2.24, 2.45) is 27.1 Å². The second kappa shape index (κ2) is 6.86. The van der Waals surface area contributed by atoms with Crippen molar-refractivity contribution in [1.29, 1.82) is 0 Å². The Labute approximate surface area is 142 Å². The summed E-state index contributed by atoms with van der Waals surface area (Å²) in [6.45, 7) is 29.1. The fourth-order valence-electron chi connectivity index (χ4n) is 5.63. The molecule has 0 unspecified atom stereocenters. The molecule has 0 aromatic carbocycles. The van der Waals surface area contributed by atoms with E-state index in [1.807, 2.05) is 0 Å². The number of hydrogen-bond donors (Lipinski definition) is 0. The quantitative estimate of drug-likeness (QED) is 0.424. The third-order valence-corrected chi connectivity index (χ3v) is 4.84. The summed E-state index contributed by atoms with van der Waals surface area (Å²) in [4.78, 5) is 0. The summed E-state index contributed by atoms with van der Waals surface area (Å²) in [5.74, 6) is 0. The van der Waals surface area contributed by atoms with Crippen LogP contribution >= 0.6 is 0 Å². The van der Waals surface area contributed by atoms with E-state index in [0.29, 0.717) is 27.1 Å². The van der Waals surface area contributed by atoms with Gasteiger partial charge in [-0.15, -0.1) is 0 Å². The van der Waals surface area contributed by atoms with Crippen LogP contribution in [-0.4, -0.2) is 0 Å². The molecule has 0 heteroatoms. The highest BCUT2D eigenvalue weighted by Crippen LogP contribution is 2.49. The first-order valence-electron chi connectivity index (χ1n) is 9.39. The normalized spacial score (nSPS) is 15.3. The first-order valence-corrected chi connectivity index (χ1v) is 9.39. The third-order valence-electron chi connectivity index (χ3n) is 4.84. The maximum atomic E-state index is 2.48. The summed E-state index contributed by atoms with van der Waals surface area (Å²) < 4.78 is 0. The minimum absolute atomic E-state index is 0.405. The fourth-order valence-corrected chi connectivity index (χ4v) is 5.63. The van der Waals surface area contributed by atoms with Crippen LogP contribution in [0.5, 0.6) is 0 Å². The summed E-state index contributed by atoms with van der Waals surface area (Å²) in [6.07, 6.45) is 6.51. The molecule has 0 atom stereocenters. The fraction of sp³-hybridized carbons (Fsp3) is 1.00. The Bertz CT molecular complexity index is 334. The molecule has 0 aliphatic carbocycles. The minimum atomic E-state index is 0.405. The third kappa shape index (κ3) is 9.90. The molecule has 0 aromatic heterocycles. The molecule has 22 heavy (non-hydrogen) atoms. The standard InChI is InChI=1S/C22H46/c1-13-19(5,6)15-21(9,10)17-22(11,12)16-20(7,8)14-18(2,3)4/h13-17H2,1-12H3. The Morgan fingerprint density at radius 3 is 0.955 bits per heavy atom. The monoisotopic (exact) mass is 310 g/mol. The van der Waals surface area contributed by atoms with Gasteiger partial charge in [-0.3, -0.25) is 0 Å². The smallest absolute Gasteiger partial charge is 0.0344 e. The van der Waals surface area contributed by atoms with Crippen LogP contribution in [0.1, 0.15) is 115 Å². The van der Waals surface area contributed by atoms with Crippen LogP contribution in [0.4, 0.5) is 0 Å². The second-order valence-corrected chi connectivity index (χ2v) is 12.3. The predicted octanol–water partition coefficient (Wildman–Crippen LogP) is 8.11. The summed E-state index contributed by atoms with van der Waals surface area (Å²) in [7, 11) is 0. The summed E-state index contributed by atoms with van der Waals surface area (Å²) in [6, 6.07) is 0. The van der Waals surface area contributed by atoms with Crippen molar-refractivity contribution >= 4 is 0 Å². The zero-order valence-corrected chi connectivity index (χ0v) is 18.0. The van der Waals surface area contributed by atoms with Crippen molar-refractivity contribution < 1.29 is 0 Å². The van der Waals surface area contributed by atoms with E-state index in [-0.39, 0.29) is 0 Å². The van der Waals surface area contributed by atoms with Crippen molar-refractivity contribution in [2.75, 3.05) is 0 Å². The van der Waals surface area contributed by atoms with Crippen LogP contribution in [0.3, 0.4) is 0 Å². The van der Waals surface area contributed by atoms with Gasteiger partial charge in [0.05, 0.1) is 0 Å². The average Bonchev–Trinajstić information content (AvgIpc) is 2.06. The van der Waals surface area contributed by atoms with Crippen LogP contribution in [0.2, 0.25) is 0 Å². The number of rotatable bonds is 8. The van der Waals surface area contributed by atoms with E-state index in [1.165, 1.54) is 32.1 Å². The molecule has 0 saturated carbocycles. The van der Waals surface area contributed by atoms with Crippen LogP contribution < -0.4 is 0 Å². The van der Waals surface area contributed by atoms with E-state index in [1.54, 1.807) is 0 Å². The Morgan fingerprint density at radius 2 is 0.682 bits per heavy atom. The Morgan fingerprint density at radius 1 is 0.409 bits per heavy atom. The van der Waals surface area contributed by atoms with Crippen LogP contribution in [-0.2, 0) is 0 Å². The lowest BCUT2D eigenvalue weighted by molar-refractivity contribution is 0.0718. The highest BCUT2D eigenvalue weighted by Gasteiger charge is 2.37. The van der Waals surface area contributed by atoms with Gasteiger partial charge >= 0.3 is 0 Å². The summed E-state index contributed by atoms with van der Waals surface area (Å²) in [5.41, 5.74) is 2.11. The summed E-state index contributed by atoms with van der Waals surface area (Å²) >= 11 is 0. The largest absolute Gasteiger partial charge is 0.0649 e. The van der Waals surface area contributed by atoms with Gasteiger partial charge in [-0.25, -0.2) is 0 Å². The lowest BCUT2D eigenvalue weighted by atomic mass is 9.61. The lowest BCUT2D eigenvalue weighted by Gasteiger charge is -2.44. The van der Waals surface area contributed by atoms with Crippen LogP contribution in [0, 0.1) is 27.1 Å². The molecule has 0 spiro atoms. The Hall–Kier alpha value is 0. The van der Waals surface area contributed by atoms with Crippen LogP contribution in [0.25, 0.3) is 0 Å².